The van der Waals surface area contributed by atoms with E-state index in [-0.39, 0.29) is 0 Å². The van der Waals surface area contributed by atoms with Crippen molar-refractivity contribution in [3.63, 3.8) is 0 Å². The van der Waals surface area contributed by atoms with Crippen LogP contribution in [0.2, 0.25) is 5.02 Å². The Hall–Kier alpha value is -3.64. The van der Waals surface area contributed by atoms with Crippen LogP contribution in [0.1, 0.15) is 29.3 Å². The highest BCUT2D eigenvalue weighted by Crippen LogP contribution is 2.25. The molecule has 1 amide bonds. The number of aromatic nitrogens is 2. The van der Waals surface area contributed by atoms with E-state index in [1.165, 1.54) is 0 Å². The number of aryl methyl sites for hydroxylation is 1. The number of imidazole rings is 1. The average Bonchev–Trinajstić information content (AvgIpc) is 3.24. The summed E-state index contributed by atoms with van der Waals surface area (Å²) in [6.07, 6.45) is -0.631. The number of ether oxygens (including phenoxy) is 1. The standard InChI is InChI=1S/C25H22ClN3O3/c1-3-22(24(30)29-21-14-16(26)13-12-15(21)2)32-25(31)18-9-5-4-8-17(18)23-27-19-10-6-7-11-20(19)28-23/h4-14,22H,3H2,1-2H3,(H,27,28)(H,29,30). The first-order chi connectivity index (χ1) is 15.5. The first kappa shape index (κ1) is 21.6. The zero-order chi connectivity index (χ0) is 22.7. The quantitative estimate of drug-likeness (QED) is 0.368. The third-order valence-electron chi connectivity index (χ3n) is 5.16. The molecule has 4 rings (SSSR count). The third kappa shape index (κ3) is 4.50. The highest BCUT2D eigenvalue weighted by molar-refractivity contribution is 6.31. The molecule has 0 aliphatic carbocycles. The Morgan fingerprint density at radius 3 is 2.62 bits per heavy atom. The van der Waals surface area contributed by atoms with E-state index in [2.05, 4.69) is 15.3 Å². The molecule has 1 heterocycles. The number of fused-ring (bicyclic) bond motifs is 1. The number of aromatic amines is 1. The maximum absolute atomic E-state index is 13.0. The van der Waals surface area contributed by atoms with Crippen LogP contribution < -0.4 is 5.32 Å². The van der Waals surface area contributed by atoms with Crippen LogP contribution in [0.3, 0.4) is 0 Å². The van der Waals surface area contributed by atoms with Crippen molar-refractivity contribution in [2.75, 3.05) is 5.32 Å². The average molecular weight is 448 g/mol. The smallest absolute Gasteiger partial charge is 0.339 e. The van der Waals surface area contributed by atoms with E-state index >= 15 is 0 Å². The summed E-state index contributed by atoms with van der Waals surface area (Å²) in [6.45, 7) is 3.65. The molecule has 32 heavy (non-hydrogen) atoms. The Morgan fingerprint density at radius 2 is 1.84 bits per heavy atom. The highest BCUT2D eigenvalue weighted by atomic mass is 35.5. The second kappa shape index (κ2) is 9.24. The van der Waals surface area contributed by atoms with Gasteiger partial charge in [0.15, 0.2) is 6.10 Å². The highest BCUT2D eigenvalue weighted by Gasteiger charge is 2.25. The second-order valence-corrected chi connectivity index (χ2v) is 7.84. The van der Waals surface area contributed by atoms with E-state index in [0.29, 0.717) is 34.1 Å². The third-order valence-corrected chi connectivity index (χ3v) is 5.40. The molecule has 0 aliphatic heterocycles. The fourth-order valence-electron chi connectivity index (χ4n) is 3.41. The maximum Gasteiger partial charge on any atom is 0.339 e. The summed E-state index contributed by atoms with van der Waals surface area (Å²) in [5, 5.41) is 3.31. The van der Waals surface area contributed by atoms with Crippen molar-refractivity contribution in [1.82, 2.24) is 9.97 Å². The number of amides is 1. The van der Waals surface area contributed by atoms with Gasteiger partial charge in [-0.3, -0.25) is 4.79 Å². The Bertz CT molecular complexity index is 1270. The number of esters is 1. The molecule has 0 saturated heterocycles. The molecule has 0 aliphatic rings. The Balaban J connectivity index is 1.56. The van der Waals surface area contributed by atoms with Crippen LogP contribution in [0.5, 0.6) is 0 Å². The minimum absolute atomic E-state index is 0.323. The topological polar surface area (TPSA) is 84.1 Å². The molecule has 0 radical (unpaired) electrons. The van der Waals surface area contributed by atoms with Crippen LogP contribution >= 0.6 is 11.6 Å². The molecule has 4 aromatic rings. The van der Waals surface area contributed by atoms with Gasteiger partial charge in [-0.25, -0.2) is 9.78 Å². The van der Waals surface area contributed by atoms with Gasteiger partial charge in [0.25, 0.3) is 5.91 Å². The Labute approximate surface area is 190 Å². The lowest BCUT2D eigenvalue weighted by atomic mass is 10.1. The van der Waals surface area contributed by atoms with Crippen molar-refractivity contribution >= 4 is 40.2 Å². The van der Waals surface area contributed by atoms with Gasteiger partial charge in [0.2, 0.25) is 0 Å². The van der Waals surface area contributed by atoms with E-state index in [1.807, 2.05) is 43.3 Å². The molecule has 6 nitrogen and oxygen atoms in total. The van der Waals surface area contributed by atoms with E-state index in [1.54, 1.807) is 37.3 Å². The molecule has 3 aromatic carbocycles. The SMILES string of the molecule is CCC(OC(=O)c1ccccc1-c1nc2ccccc2[nH]1)C(=O)Nc1cc(Cl)ccc1C. The Kier molecular flexibility index (Phi) is 6.23. The van der Waals surface area contributed by atoms with Crippen molar-refractivity contribution in [3.05, 3.63) is 82.9 Å². The number of para-hydroxylation sites is 2. The van der Waals surface area contributed by atoms with Gasteiger partial charge in [-0.05, 0) is 49.2 Å². The number of nitrogens with zero attached hydrogens (tertiary/aromatic N) is 1. The van der Waals surface area contributed by atoms with Crippen LogP contribution in [0.25, 0.3) is 22.4 Å². The summed E-state index contributed by atoms with van der Waals surface area (Å²) in [5.41, 5.74) is 4.05. The second-order valence-electron chi connectivity index (χ2n) is 7.40. The first-order valence-corrected chi connectivity index (χ1v) is 10.7. The number of rotatable bonds is 6. The maximum atomic E-state index is 13.0. The number of halogens is 1. The van der Waals surface area contributed by atoms with Gasteiger partial charge in [-0.1, -0.05) is 54.9 Å². The predicted octanol–water partition coefficient (Wildman–Crippen LogP) is 5.77. The van der Waals surface area contributed by atoms with Gasteiger partial charge in [0.05, 0.1) is 16.6 Å². The lowest BCUT2D eigenvalue weighted by Crippen LogP contribution is -2.32. The molecule has 0 fully saturated rings. The fourth-order valence-corrected chi connectivity index (χ4v) is 3.58. The largest absolute Gasteiger partial charge is 0.449 e. The van der Waals surface area contributed by atoms with E-state index in [9.17, 15) is 9.59 Å². The molecule has 7 heteroatoms. The van der Waals surface area contributed by atoms with Crippen LogP contribution in [-0.2, 0) is 9.53 Å². The van der Waals surface area contributed by atoms with Crippen LogP contribution in [0.4, 0.5) is 5.69 Å². The van der Waals surface area contributed by atoms with Gasteiger partial charge in [0.1, 0.15) is 5.82 Å². The van der Waals surface area contributed by atoms with Gasteiger partial charge < -0.3 is 15.0 Å². The Morgan fingerprint density at radius 1 is 1.09 bits per heavy atom. The minimum Gasteiger partial charge on any atom is -0.449 e. The predicted molar refractivity (Wildman–Crippen MR) is 126 cm³/mol. The summed E-state index contributed by atoms with van der Waals surface area (Å²) < 4.78 is 5.60. The van der Waals surface area contributed by atoms with Crippen LogP contribution in [0, 0.1) is 6.92 Å². The normalized spacial score (nSPS) is 11.8. The van der Waals surface area contributed by atoms with Crippen molar-refractivity contribution in [2.24, 2.45) is 0 Å². The molecular weight excluding hydrogens is 426 g/mol. The number of hydrogen-bond donors (Lipinski definition) is 2. The summed E-state index contributed by atoms with van der Waals surface area (Å²) in [6, 6.07) is 19.9. The molecule has 1 unspecified atom stereocenters. The van der Waals surface area contributed by atoms with Crippen LogP contribution in [-0.4, -0.2) is 27.9 Å². The summed E-state index contributed by atoms with van der Waals surface area (Å²) in [4.78, 5) is 33.6. The molecule has 162 valence electrons. The molecule has 0 saturated carbocycles. The lowest BCUT2D eigenvalue weighted by molar-refractivity contribution is -0.124. The zero-order valence-corrected chi connectivity index (χ0v) is 18.4. The summed E-state index contributed by atoms with van der Waals surface area (Å²) >= 11 is 6.04. The van der Waals surface area contributed by atoms with Crippen molar-refractivity contribution in [2.45, 2.75) is 26.4 Å². The zero-order valence-electron chi connectivity index (χ0n) is 17.7. The molecule has 1 atom stereocenters. The monoisotopic (exact) mass is 447 g/mol. The number of carbonyl (C=O) groups excluding carboxylic acids is 2. The molecule has 1 aromatic heterocycles. The minimum atomic E-state index is -0.954. The van der Waals surface area contributed by atoms with Gasteiger partial charge in [0, 0.05) is 16.3 Å². The first-order valence-electron chi connectivity index (χ1n) is 10.3. The number of benzene rings is 3. The molecule has 2 N–H and O–H groups in total. The van der Waals surface area contributed by atoms with Gasteiger partial charge in [-0.15, -0.1) is 0 Å². The van der Waals surface area contributed by atoms with Crippen molar-refractivity contribution in [1.29, 1.82) is 0 Å². The molecule has 0 spiro atoms. The summed E-state index contributed by atoms with van der Waals surface area (Å²) in [5.74, 6) is -0.441. The van der Waals surface area contributed by atoms with Gasteiger partial charge in [-0.2, -0.15) is 0 Å². The van der Waals surface area contributed by atoms with Crippen molar-refractivity contribution in [3.8, 4) is 11.4 Å². The fraction of sp³-hybridized carbons (Fsp3) is 0.160. The van der Waals surface area contributed by atoms with Gasteiger partial charge >= 0.3 is 5.97 Å². The number of carbonyl (C=O) groups is 2. The van der Waals surface area contributed by atoms with E-state index in [0.717, 1.165) is 16.6 Å². The molecular formula is C25H22ClN3O3. The number of H-pyrrole nitrogens is 1. The van der Waals surface area contributed by atoms with Crippen molar-refractivity contribution < 1.29 is 14.3 Å². The van der Waals surface area contributed by atoms with Crippen LogP contribution in [0.15, 0.2) is 66.7 Å². The number of nitrogens with one attached hydrogen (secondary N) is 2. The van der Waals surface area contributed by atoms with E-state index < -0.39 is 18.0 Å². The number of hydrogen-bond acceptors (Lipinski definition) is 4. The lowest BCUT2D eigenvalue weighted by Gasteiger charge is -2.18. The van der Waals surface area contributed by atoms with E-state index in [4.69, 9.17) is 16.3 Å². The number of anilines is 1. The molecule has 0 bridgehead atoms. The summed E-state index contributed by atoms with van der Waals surface area (Å²) in [7, 11) is 0.